The number of carbonyl (C=O) groups excluding carboxylic acids is 1. The lowest BCUT2D eigenvalue weighted by Gasteiger charge is -2.34. The third-order valence-corrected chi connectivity index (χ3v) is 6.24. The van der Waals surface area contributed by atoms with Crippen molar-refractivity contribution in [2.75, 3.05) is 45.2 Å². The first-order valence-electron chi connectivity index (χ1n) is 11.5. The Morgan fingerprint density at radius 3 is 2.30 bits per heavy atom. The molecule has 2 heterocycles. The summed E-state index contributed by atoms with van der Waals surface area (Å²) in [5.74, 6) is 0.925. The number of anilines is 1. The number of hydrogen-bond donors (Lipinski definition) is 1. The van der Waals surface area contributed by atoms with Gasteiger partial charge >= 0.3 is 0 Å². The molecule has 1 aromatic heterocycles. The van der Waals surface area contributed by atoms with Gasteiger partial charge in [0.15, 0.2) is 0 Å². The number of amides is 1. The number of ether oxygens (including phenoxy) is 1. The van der Waals surface area contributed by atoms with Crippen LogP contribution in [0, 0.1) is 13.8 Å². The first-order chi connectivity index (χ1) is 16.0. The second kappa shape index (κ2) is 10.6. The molecule has 1 fully saturated rings. The number of methoxy groups -OCH3 is 1. The van der Waals surface area contributed by atoms with Crippen molar-refractivity contribution in [3.63, 3.8) is 0 Å². The maximum atomic E-state index is 12.7. The van der Waals surface area contributed by atoms with E-state index in [9.17, 15) is 4.79 Å². The summed E-state index contributed by atoms with van der Waals surface area (Å²) < 4.78 is 7.12. The van der Waals surface area contributed by atoms with Crippen LogP contribution in [0.4, 0.5) is 5.69 Å². The fourth-order valence-electron chi connectivity index (χ4n) is 4.27. The van der Waals surface area contributed by atoms with Gasteiger partial charge < -0.3 is 15.0 Å². The molecule has 0 spiro atoms. The molecule has 3 aromatic rings. The monoisotopic (exact) mass is 447 g/mol. The highest BCUT2D eigenvalue weighted by atomic mass is 16.5. The molecule has 0 aliphatic carbocycles. The first kappa shape index (κ1) is 23.0. The van der Waals surface area contributed by atoms with Crippen molar-refractivity contribution in [1.29, 1.82) is 0 Å². The molecule has 1 saturated heterocycles. The number of carbonyl (C=O) groups is 1. The molecule has 0 radical (unpaired) electrons. The Hall–Kier alpha value is -3.16. The van der Waals surface area contributed by atoms with E-state index in [1.54, 1.807) is 7.11 Å². The molecule has 1 aliphatic rings. The Kier molecular flexibility index (Phi) is 7.42. The van der Waals surface area contributed by atoms with Crippen molar-refractivity contribution in [3.05, 3.63) is 71.5 Å². The third kappa shape index (κ3) is 5.80. The zero-order valence-electron chi connectivity index (χ0n) is 19.8. The lowest BCUT2D eigenvalue weighted by Crippen LogP contribution is -2.46. The molecule has 7 heteroatoms. The van der Waals surface area contributed by atoms with Crippen molar-refractivity contribution >= 4 is 11.6 Å². The smallest absolute Gasteiger partial charge is 0.225 e. The average molecular weight is 448 g/mol. The van der Waals surface area contributed by atoms with Gasteiger partial charge in [-0.05, 0) is 43.7 Å². The van der Waals surface area contributed by atoms with Crippen LogP contribution in [0.3, 0.4) is 0 Å². The summed E-state index contributed by atoms with van der Waals surface area (Å²) in [6.45, 7) is 9.62. The molecule has 0 saturated carbocycles. The third-order valence-electron chi connectivity index (χ3n) is 6.24. The van der Waals surface area contributed by atoms with E-state index in [1.807, 2.05) is 61.0 Å². The van der Waals surface area contributed by atoms with Gasteiger partial charge in [-0.2, -0.15) is 5.10 Å². The number of benzene rings is 2. The van der Waals surface area contributed by atoms with E-state index in [0.717, 1.165) is 67.8 Å². The number of para-hydroxylation sites is 1. The molecule has 1 amide bonds. The Bertz CT molecular complexity index is 1050. The lowest BCUT2D eigenvalue weighted by atomic mass is 10.2. The standard InChI is InChI=1S/C26H33N5O2/c1-20-26(21(2)31(28-20)23-7-5-4-6-8-23)27-25(32)13-14-29-15-17-30(18-16-29)19-22-9-11-24(33-3)12-10-22/h4-12H,13-19H2,1-3H3,(H,27,32). The van der Waals surface area contributed by atoms with Crippen LogP contribution in [-0.2, 0) is 11.3 Å². The summed E-state index contributed by atoms with van der Waals surface area (Å²) >= 11 is 0. The van der Waals surface area contributed by atoms with E-state index in [-0.39, 0.29) is 5.91 Å². The molecule has 174 valence electrons. The van der Waals surface area contributed by atoms with Crippen LogP contribution in [0.2, 0.25) is 0 Å². The lowest BCUT2D eigenvalue weighted by molar-refractivity contribution is -0.116. The van der Waals surface area contributed by atoms with Gasteiger partial charge in [-0.3, -0.25) is 9.69 Å². The molecule has 33 heavy (non-hydrogen) atoms. The number of piperazine rings is 1. The maximum absolute atomic E-state index is 12.7. The maximum Gasteiger partial charge on any atom is 0.225 e. The molecule has 7 nitrogen and oxygen atoms in total. The normalized spacial score (nSPS) is 14.9. The summed E-state index contributed by atoms with van der Waals surface area (Å²) in [6.07, 6.45) is 0.480. The van der Waals surface area contributed by atoms with Gasteiger partial charge in [-0.15, -0.1) is 0 Å². The largest absolute Gasteiger partial charge is 0.497 e. The Morgan fingerprint density at radius 1 is 0.970 bits per heavy atom. The molecule has 1 N–H and O–H groups in total. The Balaban J connectivity index is 1.23. The summed E-state index contributed by atoms with van der Waals surface area (Å²) in [4.78, 5) is 17.5. The number of aromatic nitrogens is 2. The van der Waals surface area contributed by atoms with Crippen LogP contribution in [0.1, 0.15) is 23.4 Å². The van der Waals surface area contributed by atoms with Crippen molar-refractivity contribution < 1.29 is 9.53 Å². The second-order valence-electron chi connectivity index (χ2n) is 8.56. The van der Waals surface area contributed by atoms with Crippen molar-refractivity contribution in [2.45, 2.75) is 26.8 Å². The van der Waals surface area contributed by atoms with Crippen LogP contribution in [0.25, 0.3) is 5.69 Å². The molecule has 4 rings (SSSR count). The SMILES string of the molecule is COc1ccc(CN2CCN(CCC(=O)Nc3c(C)nn(-c4ccccc4)c3C)CC2)cc1. The van der Waals surface area contributed by atoms with Gasteiger partial charge in [0.1, 0.15) is 5.75 Å². The molecule has 2 aromatic carbocycles. The molecule has 0 bridgehead atoms. The predicted octanol–water partition coefficient (Wildman–Crippen LogP) is 3.64. The van der Waals surface area contributed by atoms with Gasteiger partial charge in [0, 0.05) is 45.7 Å². The zero-order chi connectivity index (χ0) is 23.2. The van der Waals surface area contributed by atoms with E-state index >= 15 is 0 Å². The minimum absolute atomic E-state index is 0.0366. The second-order valence-corrected chi connectivity index (χ2v) is 8.56. The van der Waals surface area contributed by atoms with Gasteiger partial charge in [0.25, 0.3) is 0 Å². The van der Waals surface area contributed by atoms with Gasteiger partial charge in [-0.1, -0.05) is 30.3 Å². The van der Waals surface area contributed by atoms with E-state index in [0.29, 0.717) is 6.42 Å². The topological polar surface area (TPSA) is 62.6 Å². The number of nitrogens with zero attached hydrogens (tertiary/aromatic N) is 4. The fraction of sp³-hybridized carbons (Fsp3) is 0.385. The molecule has 0 atom stereocenters. The van der Waals surface area contributed by atoms with Crippen LogP contribution in [0.5, 0.6) is 5.75 Å². The summed E-state index contributed by atoms with van der Waals surface area (Å²) in [6, 6.07) is 18.3. The van der Waals surface area contributed by atoms with Gasteiger partial charge in [-0.25, -0.2) is 4.68 Å². The Labute approximate surface area is 196 Å². The minimum atomic E-state index is 0.0366. The van der Waals surface area contributed by atoms with Gasteiger partial charge in [0.2, 0.25) is 5.91 Å². The molecular weight excluding hydrogens is 414 g/mol. The van der Waals surface area contributed by atoms with Crippen molar-refractivity contribution in [3.8, 4) is 11.4 Å². The zero-order valence-corrected chi connectivity index (χ0v) is 19.8. The molecule has 0 unspecified atom stereocenters. The summed E-state index contributed by atoms with van der Waals surface area (Å²) in [5, 5.41) is 7.70. The van der Waals surface area contributed by atoms with E-state index in [1.165, 1.54) is 5.56 Å². The van der Waals surface area contributed by atoms with Crippen LogP contribution in [0.15, 0.2) is 54.6 Å². The van der Waals surface area contributed by atoms with Crippen molar-refractivity contribution in [1.82, 2.24) is 19.6 Å². The first-order valence-corrected chi connectivity index (χ1v) is 11.5. The average Bonchev–Trinajstić information content (AvgIpc) is 3.13. The highest BCUT2D eigenvalue weighted by Gasteiger charge is 2.19. The molecule has 1 aliphatic heterocycles. The Morgan fingerprint density at radius 2 is 1.64 bits per heavy atom. The van der Waals surface area contributed by atoms with Crippen LogP contribution >= 0.6 is 0 Å². The quantitative estimate of drug-likeness (QED) is 0.571. The number of rotatable bonds is 8. The predicted molar refractivity (Wildman–Crippen MR) is 131 cm³/mol. The highest BCUT2D eigenvalue weighted by molar-refractivity contribution is 5.92. The van der Waals surface area contributed by atoms with E-state index in [2.05, 4.69) is 32.3 Å². The number of nitrogens with one attached hydrogen (secondary N) is 1. The fourth-order valence-corrected chi connectivity index (χ4v) is 4.27. The van der Waals surface area contributed by atoms with Crippen LogP contribution < -0.4 is 10.1 Å². The van der Waals surface area contributed by atoms with Crippen LogP contribution in [-0.4, -0.2) is 65.3 Å². The molecular formula is C26H33N5O2. The van der Waals surface area contributed by atoms with E-state index < -0.39 is 0 Å². The van der Waals surface area contributed by atoms with Gasteiger partial charge in [0.05, 0.1) is 29.9 Å². The van der Waals surface area contributed by atoms with Crippen molar-refractivity contribution in [2.24, 2.45) is 0 Å². The highest BCUT2D eigenvalue weighted by Crippen LogP contribution is 2.23. The number of hydrogen-bond acceptors (Lipinski definition) is 5. The van der Waals surface area contributed by atoms with E-state index in [4.69, 9.17) is 4.74 Å². The summed E-state index contributed by atoms with van der Waals surface area (Å²) in [7, 11) is 1.69. The minimum Gasteiger partial charge on any atom is -0.497 e. The number of aryl methyl sites for hydroxylation is 1. The summed E-state index contributed by atoms with van der Waals surface area (Å²) in [5.41, 5.74) is 4.88.